The van der Waals surface area contributed by atoms with Gasteiger partial charge in [0.2, 0.25) is 4.77 Å². The molecule has 1 aliphatic rings. The second kappa shape index (κ2) is 8.14. The standard InChI is InChI=1S/C19H26N4O2S/c1-4-25-18(24)16-7-9-21(10-8-16)13-23-19(26)22(12-20-23)17-6-5-14(2)11-15(17)3/h5-6,11-12,16H,4,7-10,13H2,1-3H3/p+1. The number of benzene rings is 1. The molecular formula is C19H27N4O2S+. The maximum atomic E-state index is 11.9. The largest absolute Gasteiger partial charge is 0.466 e. The Bertz CT molecular complexity index is 834. The molecule has 1 aromatic heterocycles. The van der Waals surface area contributed by atoms with Crippen molar-refractivity contribution < 1.29 is 14.4 Å². The lowest BCUT2D eigenvalue weighted by Gasteiger charge is -2.27. The van der Waals surface area contributed by atoms with E-state index in [0.29, 0.717) is 11.4 Å². The van der Waals surface area contributed by atoms with E-state index in [0.717, 1.165) is 38.3 Å². The summed E-state index contributed by atoms with van der Waals surface area (Å²) < 4.78 is 9.70. The summed E-state index contributed by atoms with van der Waals surface area (Å²) >= 11 is 5.64. The van der Waals surface area contributed by atoms with Gasteiger partial charge in [0.25, 0.3) is 0 Å². The Balaban J connectivity index is 1.66. The maximum absolute atomic E-state index is 11.9. The Morgan fingerprint density at radius 2 is 2.08 bits per heavy atom. The van der Waals surface area contributed by atoms with Crippen LogP contribution >= 0.6 is 12.2 Å². The Morgan fingerprint density at radius 3 is 2.73 bits per heavy atom. The third-order valence-electron chi connectivity index (χ3n) is 5.03. The lowest BCUT2D eigenvalue weighted by atomic mass is 9.97. The van der Waals surface area contributed by atoms with Crippen molar-refractivity contribution in [1.29, 1.82) is 0 Å². The molecule has 6 nitrogen and oxygen atoms in total. The highest BCUT2D eigenvalue weighted by Crippen LogP contribution is 2.16. The SMILES string of the molecule is CCOC(=O)C1CC[NH+](Cn2ncn(-c3ccc(C)cc3C)c2=S)CC1. The molecular weight excluding hydrogens is 348 g/mol. The van der Waals surface area contributed by atoms with Crippen LogP contribution in [0.4, 0.5) is 0 Å². The van der Waals surface area contributed by atoms with Gasteiger partial charge in [-0.2, -0.15) is 9.78 Å². The van der Waals surface area contributed by atoms with Gasteiger partial charge in [0, 0.05) is 12.8 Å². The minimum atomic E-state index is -0.0534. The first-order chi connectivity index (χ1) is 12.5. The number of carbonyl (C=O) groups excluding carboxylic acids is 1. The number of rotatable bonds is 5. The molecule has 2 aromatic rings. The van der Waals surface area contributed by atoms with Crippen molar-refractivity contribution >= 4 is 18.2 Å². The number of piperidine rings is 1. The number of nitrogens with zero attached hydrogens (tertiary/aromatic N) is 3. The van der Waals surface area contributed by atoms with Crippen LogP contribution in [-0.2, 0) is 16.2 Å². The molecule has 1 N–H and O–H groups in total. The van der Waals surface area contributed by atoms with Gasteiger partial charge in [0.1, 0.15) is 6.33 Å². The van der Waals surface area contributed by atoms with E-state index in [1.54, 1.807) is 6.33 Å². The highest BCUT2D eigenvalue weighted by atomic mass is 32.1. The zero-order valence-electron chi connectivity index (χ0n) is 15.7. The molecule has 3 rings (SSSR count). The summed E-state index contributed by atoms with van der Waals surface area (Å²) in [5, 5.41) is 4.50. The topological polar surface area (TPSA) is 53.5 Å². The number of hydrogen-bond donors (Lipinski definition) is 1. The molecule has 1 aromatic carbocycles. The first kappa shape index (κ1) is 18.8. The van der Waals surface area contributed by atoms with E-state index in [4.69, 9.17) is 17.0 Å². The fourth-order valence-electron chi connectivity index (χ4n) is 3.58. The van der Waals surface area contributed by atoms with Gasteiger partial charge in [0.15, 0.2) is 6.67 Å². The lowest BCUT2D eigenvalue weighted by Crippen LogP contribution is -3.12. The van der Waals surface area contributed by atoms with Crippen LogP contribution < -0.4 is 4.90 Å². The van der Waals surface area contributed by atoms with Gasteiger partial charge >= 0.3 is 5.97 Å². The van der Waals surface area contributed by atoms with Crippen molar-refractivity contribution in [3.63, 3.8) is 0 Å². The van der Waals surface area contributed by atoms with Gasteiger partial charge in [0.05, 0.1) is 31.3 Å². The molecule has 0 bridgehead atoms. The van der Waals surface area contributed by atoms with Crippen molar-refractivity contribution in [3.8, 4) is 5.69 Å². The summed E-state index contributed by atoms with van der Waals surface area (Å²) in [6, 6.07) is 6.33. The second-order valence-corrected chi connectivity index (χ2v) is 7.37. The van der Waals surface area contributed by atoms with E-state index in [9.17, 15) is 4.79 Å². The Hall–Kier alpha value is -1.99. The summed E-state index contributed by atoms with van der Waals surface area (Å²) in [5.74, 6) is -0.0123. The van der Waals surface area contributed by atoms with E-state index in [1.165, 1.54) is 16.0 Å². The van der Waals surface area contributed by atoms with E-state index in [2.05, 4.69) is 37.1 Å². The molecule has 26 heavy (non-hydrogen) atoms. The predicted octanol–water partition coefficient (Wildman–Crippen LogP) is 1.84. The first-order valence-corrected chi connectivity index (χ1v) is 9.62. The number of hydrogen-bond acceptors (Lipinski definition) is 4. The van der Waals surface area contributed by atoms with Crippen LogP contribution in [0.3, 0.4) is 0 Å². The van der Waals surface area contributed by atoms with Gasteiger partial charge in [-0.05, 0) is 44.6 Å². The summed E-state index contributed by atoms with van der Waals surface area (Å²) in [7, 11) is 0. The van der Waals surface area contributed by atoms with Crippen molar-refractivity contribution in [2.24, 2.45) is 5.92 Å². The number of nitrogens with one attached hydrogen (secondary N) is 1. The monoisotopic (exact) mass is 375 g/mol. The first-order valence-electron chi connectivity index (χ1n) is 9.22. The second-order valence-electron chi connectivity index (χ2n) is 7.01. The Labute approximate surface area is 159 Å². The van der Waals surface area contributed by atoms with Gasteiger partial charge in [-0.25, -0.2) is 0 Å². The van der Waals surface area contributed by atoms with Crippen molar-refractivity contribution in [1.82, 2.24) is 14.3 Å². The Morgan fingerprint density at radius 1 is 1.35 bits per heavy atom. The predicted molar refractivity (Wildman–Crippen MR) is 102 cm³/mol. The van der Waals surface area contributed by atoms with Crippen LogP contribution in [0.2, 0.25) is 0 Å². The smallest absolute Gasteiger partial charge is 0.309 e. The molecule has 0 saturated carbocycles. The highest BCUT2D eigenvalue weighted by Gasteiger charge is 2.28. The lowest BCUT2D eigenvalue weighted by molar-refractivity contribution is -0.929. The van der Waals surface area contributed by atoms with Gasteiger partial charge in [-0.1, -0.05) is 17.7 Å². The molecule has 0 atom stereocenters. The number of ether oxygens (including phenoxy) is 1. The van der Waals surface area contributed by atoms with E-state index >= 15 is 0 Å². The average molecular weight is 376 g/mol. The van der Waals surface area contributed by atoms with Gasteiger partial charge < -0.3 is 9.64 Å². The molecule has 1 saturated heterocycles. The van der Waals surface area contributed by atoms with E-state index in [1.807, 2.05) is 16.2 Å². The summed E-state index contributed by atoms with van der Waals surface area (Å²) in [5.41, 5.74) is 3.49. The number of likely N-dealkylation sites (tertiary alicyclic amines) is 1. The van der Waals surface area contributed by atoms with Crippen LogP contribution in [-0.4, -0.2) is 40.0 Å². The van der Waals surface area contributed by atoms with Crippen LogP contribution in [0.1, 0.15) is 30.9 Å². The van der Waals surface area contributed by atoms with Gasteiger partial charge in [-0.3, -0.25) is 9.36 Å². The van der Waals surface area contributed by atoms with Crippen LogP contribution in [0.5, 0.6) is 0 Å². The molecule has 0 amide bonds. The molecule has 1 aliphatic heterocycles. The molecule has 2 heterocycles. The van der Waals surface area contributed by atoms with E-state index < -0.39 is 0 Å². The Kier molecular flexibility index (Phi) is 5.88. The highest BCUT2D eigenvalue weighted by molar-refractivity contribution is 7.71. The third-order valence-corrected chi connectivity index (χ3v) is 5.44. The van der Waals surface area contributed by atoms with Crippen LogP contribution in [0.15, 0.2) is 24.5 Å². The normalized spacial score (nSPS) is 20.1. The van der Waals surface area contributed by atoms with Crippen LogP contribution in [0, 0.1) is 24.5 Å². The summed E-state index contributed by atoms with van der Waals surface area (Å²) in [6.07, 6.45) is 3.52. The van der Waals surface area contributed by atoms with E-state index in [-0.39, 0.29) is 11.9 Å². The fraction of sp³-hybridized carbons (Fsp3) is 0.526. The zero-order chi connectivity index (χ0) is 18.7. The molecule has 0 radical (unpaired) electrons. The molecule has 0 aliphatic carbocycles. The third kappa shape index (κ3) is 4.04. The summed E-state index contributed by atoms with van der Waals surface area (Å²) in [6.45, 7) is 9.08. The number of carbonyl (C=O) groups is 1. The molecule has 1 fully saturated rings. The van der Waals surface area contributed by atoms with Crippen molar-refractivity contribution in [2.75, 3.05) is 19.7 Å². The minimum Gasteiger partial charge on any atom is -0.466 e. The van der Waals surface area contributed by atoms with Gasteiger partial charge in [-0.15, -0.1) is 0 Å². The zero-order valence-corrected chi connectivity index (χ0v) is 16.5. The number of aromatic nitrogens is 3. The number of esters is 1. The van der Waals surface area contributed by atoms with Crippen molar-refractivity contribution in [3.05, 3.63) is 40.4 Å². The van der Waals surface area contributed by atoms with Crippen LogP contribution in [0.25, 0.3) is 5.69 Å². The molecule has 0 unspecified atom stereocenters. The fourth-order valence-corrected chi connectivity index (χ4v) is 3.84. The quantitative estimate of drug-likeness (QED) is 0.640. The number of aryl methyl sites for hydroxylation is 2. The molecule has 0 spiro atoms. The minimum absolute atomic E-state index is 0.0411. The average Bonchev–Trinajstić information content (AvgIpc) is 2.96. The summed E-state index contributed by atoms with van der Waals surface area (Å²) in [4.78, 5) is 13.3. The number of quaternary nitrogens is 1. The molecule has 140 valence electrons. The maximum Gasteiger partial charge on any atom is 0.309 e. The molecule has 7 heteroatoms. The van der Waals surface area contributed by atoms with Crippen molar-refractivity contribution in [2.45, 2.75) is 40.3 Å².